The first-order valence-electron chi connectivity index (χ1n) is 11.2. The van der Waals surface area contributed by atoms with Crippen molar-refractivity contribution in [2.45, 2.75) is 19.9 Å². The number of phenolic OH excluding ortho intramolecular Hbond substituents is 1. The van der Waals surface area contributed by atoms with Crippen molar-refractivity contribution in [3.05, 3.63) is 76.8 Å². The van der Waals surface area contributed by atoms with Gasteiger partial charge in [-0.15, -0.1) is 0 Å². The van der Waals surface area contributed by atoms with Crippen molar-refractivity contribution in [1.29, 1.82) is 0 Å². The Bertz CT molecular complexity index is 1280. The molecule has 1 aliphatic rings. The number of carbonyl (C=O) groups is 1. The lowest BCUT2D eigenvalue weighted by atomic mass is 10.00. The largest absolute Gasteiger partial charge is 0.502 e. The maximum atomic E-state index is 13.1. The molecule has 4 rings (SSSR count). The maximum Gasteiger partial charge on any atom is 0.227 e. The number of fused-ring (bicyclic) bond motifs is 1. The van der Waals surface area contributed by atoms with Gasteiger partial charge in [-0.3, -0.25) is 4.79 Å². The molecule has 0 aliphatic heterocycles. The Morgan fingerprint density at radius 3 is 2.34 bits per heavy atom. The number of methoxy groups -OCH3 is 3. The number of phenols is 1. The first kappa shape index (κ1) is 24.0. The second kappa shape index (κ2) is 10.0. The Balaban J connectivity index is 1.74. The van der Waals surface area contributed by atoms with E-state index in [-0.39, 0.29) is 18.1 Å². The van der Waals surface area contributed by atoms with Gasteiger partial charge in [0.05, 0.1) is 40.6 Å². The third-order valence-electron chi connectivity index (χ3n) is 6.24. The van der Waals surface area contributed by atoms with Crippen LogP contribution >= 0.6 is 0 Å². The summed E-state index contributed by atoms with van der Waals surface area (Å²) in [6, 6.07) is 13.0. The van der Waals surface area contributed by atoms with Crippen LogP contribution in [-0.4, -0.2) is 44.3 Å². The molecule has 35 heavy (non-hydrogen) atoms. The fourth-order valence-electron chi connectivity index (χ4n) is 4.29. The van der Waals surface area contributed by atoms with E-state index in [9.17, 15) is 9.90 Å². The molecule has 7 heteroatoms. The molecule has 0 spiro atoms. The monoisotopic (exact) mass is 475 g/mol. The van der Waals surface area contributed by atoms with E-state index in [1.165, 1.54) is 14.2 Å². The lowest BCUT2D eigenvalue weighted by Crippen LogP contribution is -2.26. The number of allylic oxidation sites excluding steroid dienone is 2. The molecular weight excluding hydrogens is 446 g/mol. The van der Waals surface area contributed by atoms with Crippen LogP contribution < -0.4 is 14.2 Å². The van der Waals surface area contributed by atoms with Crippen molar-refractivity contribution in [2.24, 2.45) is 0 Å². The fraction of sp³-hybridized carbons (Fsp3) is 0.250. The summed E-state index contributed by atoms with van der Waals surface area (Å²) in [6.45, 7) is 2.42. The summed E-state index contributed by atoms with van der Waals surface area (Å²) >= 11 is 0. The Hall–Kier alpha value is -4.13. The van der Waals surface area contributed by atoms with E-state index in [0.717, 1.165) is 44.9 Å². The Labute approximate surface area is 204 Å². The predicted octanol–water partition coefficient (Wildman–Crippen LogP) is 5.39. The van der Waals surface area contributed by atoms with Crippen LogP contribution in [0.1, 0.15) is 35.8 Å². The van der Waals surface area contributed by atoms with Gasteiger partial charge in [0.1, 0.15) is 11.5 Å². The lowest BCUT2D eigenvalue weighted by Gasteiger charge is -2.17. The SMILES string of the molecule is COc1ccc2c(c1)C(CC(=O)N(C)Cc1ccco1)=C(C)C2=Cc1cc(OC)c(O)c(OC)c1. The van der Waals surface area contributed by atoms with E-state index in [1.54, 1.807) is 37.5 Å². The highest BCUT2D eigenvalue weighted by Crippen LogP contribution is 2.46. The zero-order valence-corrected chi connectivity index (χ0v) is 20.5. The molecule has 1 N–H and O–H groups in total. The lowest BCUT2D eigenvalue weighted by molar-refractivity contribution is -0.129. The quantitative estimate of drug-likeness (QED) is 0.471. The van der Waals surface area contributed by atoms with Crippen LogP contribution in [0.4, 0.5) is 0 Å². The van der Waals surface area contributed by atoms with Crippen molar-refractivity contribution in [3.8, 4) is 23.0 Å². The van der Waals surface area contributed by atoms with Gasteiger partial charge in [-0.25, -0.2) is 0 Å². The molecule has 0 fully saturated rings. The molecular formula is C28H29NO6. The van der Waals surface area contributed by atoms with E-state index < -0.39 is 0 Å². The summed E-state index contributed by atoms with van der Waals surface area (Å²) in [6.07, 6.45) is 3.85. The van der Waals surface area contributed by atoms with Gasteiger partial charge in [-0.2, -0.15) is 0 Å². The third-order valence-corrected chi connectivity index (χ3v) is 6.24. The van der Waals surface area contributed by atoms with Crippen molar-refractivity contribution >= 4 is 23.1 Å². The second-order valence-electron chi connectivity index (χ2n) is 8.35. The number of furan rings is 1. The average molecular weight is 476 g/mol. The number of hydrogen-bond donors (Lipinski definition) is 1. The van der Waals surface area contributed by atoms with Crippen LogP contribution in [0, 0.1) is 0 Å². The van der Waals surface area contributed by atoms with Gasteiger partial charge >= 0.3 is 0 Å². The molecule has 2 aromatic carbocycles. The first-order valence-corrected chi connectivity index (χ1v) is 11.2. The molecule has 1 aliphatic carbocycles. The molecule has 0 unspecified atom stereocenters. The highest BCUT2D eigenvalue weighted by atomic mass is 16.5. The van der Waals surface area contributed by atoms with Crippen LogP contribution in [0.5, 0.6) is 23.0 Å². The number of nitrogens with zero attached hydrogens (tertiary/aromatic N) is 1. The minimum absolute atomic E-state index is 0.0151. The summed E-state index contributed by atoms with van der Waals surface area (Å²) in [7, 11) is 6.39. The van der Waals surface area contributed by atoms with E-state index in [4.69, 9.17) is 18.6 Å². The highest BCUT2D eigenvalue weighted by Gasteiger charge is 2.27. The molecule has 0 saturated carbocycles. The molecule has 0 radical (unpaired) electrons. The van der Waals surface area contributed by atoms with Crippen LogP contribution in [0.25, 0.3) is 17.2 Å². The number of ether oxygens (including phenoxy) is 3. The van der Waals surface area contributed by atoms with Gasteiger partial charge in [0, 0.05) is 7.05 Å². The van der Waals surface area contributed by atoms with Gasteiger partial charge in [0.2, 0.25) is 11.7 Å². The van der Waals surface area contributed by atoms with Crippen molar-refractivity contribution in [3.63, 3.8) is 0 Å². The average Bonchev–Trinajstić information content (AvgIpc) is 3.46. The molecule has 7 nitrogen and oxygen atoms in total. The molecule has 0 bridgehead atoms. The minimum atomic E-state index is -0.0492. The molecule has 1 aromatic heterocycles. The van der Waals surface area contributed by atoms with Crippen molar-refractivity contribution < 1.29 is 28.5 Å². The molecule has 0 atom stereocenters. The van der Waals surface area contributed by atoms with Crippen molar-refractivity contribution in [1.82, 2.24) is 4.90 Å². The smallest absolute Gasteiger partial charge is 0.227 e. The maximum absolute atomic E-state index is 13.1. The fourth-order valence-corrected chi connectivity index (χ4v) is 4.29. The molecule has 3 aromatic rings. The van der Waals surface area contributed by atoms with Gasteiger partial charge in [0.15, 0.2) is 11.5 Å². The minimum Gasteiger partial charge on any atom is -0.502 e. The zero-order chi connectivity index (χ0) is 25.1. The topological polar surface area (TPSA) is 81.4 Å². The van der Waals surface area contributed by atoms with Gasteiger partial charge in [-0.1, -0.05) is 6.07 Å². The summed E-state index contributed by atoms with van der Waals surface area (Å²) in [4.78, 5) is 14.8. The standard InChI is InChI=1S/C28H29NO6/c1-17-22(11-18-12-25(33-4)28(31)26(13-18)34-5)21-9-8-19(32-3)14-24(21)23(17)15-27(30)29(2)16-20-7-6-10-35-20/h6-14,31H,15-16H2,1-5H3. The van der Waals surface area contributed by atoms with Gasteiger partial charge in [-0.05, 0) is 82.8 Å². The van der Waals surface area contributed by atoms with E-state index in [1.807, 2.05) is 43.3 Å². The first-order chi connectivity index (χ1) is 16.9. The second-order valence-corrected chi connectivity index (χ2v) is 8.35. The number of carbonyl (C=O) groups excluding carboxylic acids is 1. The molecule has 0 saturated heterocycles. The molecule has 182 valence electrons. The van der Waals surface area contributed by atoms with Crippen LogP contribution in [0.2, 0.25) is 0 Å². The number of benzene rings is 2. The van der Waals surface area contributed by atoms with Crippen LogP contribution in [-0.2, 0) is 11.3 Å². The van der Waals surface area contributed by atoms with Crippen LogP contribution in [0.3, 0.4) is 0 Å². The Kier molecular flexibility index (Phi) is 6.87. The number of hydrogen-bond acceptors (Lipinski definition) is 6. The predicted molar refractivity (Wildman–Crippen MR) is 134 cm³/mol. The highest BCUT2D eigenvalue weighted by molar-refractivity contribution is 6.08. The van der Waals surface area contributed by atoms with E-state index in [0.29, 0.717) is 18.0 Å². The Morgan fingerprint density at radius 1 is 1.03 bits per heavy atom. The molecule has 1 amide bonds. The Morgan fingerprint density at radius 2 is 1.74 bits per heavy atom. The number of rotatable bonds is 8. The van der Waals surface area contributed by atoms with E-state index in [2.05, 4.69) is 0 Å². The summed E-state index contributed by atoms with van der Waals surface area (Å²) in [5.74, 6) is 2.03. The van der Waals surface area contributed by atoms with Crippen molar-refractivity contribution in [2.75, 3.05) is 28.4 Å². The van der Waals surface area contributed by atoms with E-state index >= 15 is 0 Å². The third kappa shape index (κ3) is 4.75. The van der Waals surface area contributed by atoms with Gasteiger partial charge < -0.3 is 28.6 Å². The van der Waals surface area contributed by atoms with Crippen LogP contribution in [0.15, 0.2) is 58.7 Å². The summed E-state index contributed by atoms with van der Waals surface area (Å²) in [5, 5.41) is 10.3. The molecule has 1 heterocycles. The number of aromatic hydroxyl groups is 1. The normalized spacial score (nSPS) is 13.7. The number of amides is 1. The summed E-state index contributed by atoms with van der Waals surface area (Å²) < 4.78 is 21.5. The zero-order valence-electron chi connectivity index (χ0n) is 20.5. The summed E-state index contributed by atoms with van der Waals surface area (Å²) in [5.41, 5.74) is 5.69. The van der Waals surface area contributed by atoms with Gasteiger partial charge in [0.25, 0.3) is 0 Å².